The summed E-state index contributed by atoms with van der Waals surface area (Å²) in [5.41, 5.74) is 4.50. The quantitative estimate of drug-likeness (QED) is 0.938. The minimum Gasteiger partial charge on any atom is -0.313 e. The number of nitrogens with one attached hydrogen (secondary N) is 1. The highest BCUT2D eigenvalue weighted by Gasteiger charge is 2.18. The fraction of sp³-hybridized carbons (Fsp3) is 0.529. The van der Waals surface area contributed by atoms with Gasteiger partial charge in [0, 0.05) is 23.3 Å². The first-order valence-corrected chi connectivity index (χ1v) is 7.57. The molecule has 0 unspecified atom stereocenters. The van der Waals surface area contributed by atoms with Gasteiger partial charge in [0.2, 0.25) is 0 Å². The molecule has 2 aromatic rings. The lowest BCUT2D eigenvalue weighted by molar-refractivity contribution is 0.563. The molecule has 114 valence electrons. The molecule has 0 amide bonds. The van der Waals surface area contributed by atoms with Gasteiger partial charge in [-0.1, -0.05) is 27.7 Å². The Hall–Kier alpha value is -1.68. The normalized spacial score (nSPS) is 11.9. The van der Waals surface area contributed by atoms with E-state index in [1.807, 2.05) is 11.6 Å². The summed E-state index contributed by atoms with van der Waals surface area (Å²) in [7, 11) is 0. The molecule has 0 fully saturated rings. The smallest absolute Gasteiger partial charge is 0.154 e. The van der Waals surface area contributed by atoms with Crippen molar-refractivity contribution in [3.8, 4) is 5.82 Å². The molecule has 4 heteroatoms. The molecule has 0 radical (unpaired) electrons. The average Bonchev–Trinajstić information content (AvgIpc) is 2.74. The molecule has 4 nitrogen and oxygen atoms in total. The van der Waals surface area contributed by atoms with Crippen LogP contribution in [0.15, 0.2) is 18.2 Å². The topological polar surface area (TPSA) is 42.7 Å². The lowest BCUT2D eigenvalue weighted by Gasteiger charge is -2.20. The van der Waals surface area contributed by atoms with Gasteiger partial charge in [-0.05, 0) is 44.2 Å². The van der Waals surface area contributed by atoms with Crippen LogP contribution < -0.4 is 5.32 Å². The Bertz CT molecular complexity index is 620. The molecule has 0 aliphatic heterocycles. The summed E-state index contributed by atoms with van der Waals surface area (Å²) in [6, 6.07) is 6.39. The van der Waals surface area contributed by atoms with Gasteiger partial charge in [-0.2, -0.15) is 5.10 Å². The van der Waals surface area contributed by atoms with Gasteiger partial charge in [0.1, 0.15) is 0 Å². The van der Waals surface area contributed by atoms with Gasteiger partial charge >= 0.3 is 0 Å². The van der Waals surface area contributed by atoms with E-state index in [4.69, 9.17) is 4.98 Å². The number of nitrogens with zero attached hydrogens (tertiary/aromatic N) is 3. The van der Waals surface area contributed by atoms with E-state index in [-0.39, 0.29) is 5.41 Å². The predicted molar refractivity (Wildman–Crippen MR) is 86.9 cm³/mol. The van der Waals surface area contributed by atoms with Crippen LogP contribution in [-0.4, -0.2) is 21.3 Å². The summed E-state index contributed by atoms with van der Waals surface area (Å²) in [5, 5.41) is 7.94. The first kappa shape index (κ1) is 15.7. The maximum Gasteiger partial charge on any atom is 0.154 e. The summed E-state index contributed by atoms with van der Waals surface area (Å²) in [5.74, 6) is 0.904. The molecule has 2 aromatic heterocycles. The van der Waals surface area contributed by atoms with E-state index in [2.05, 4.69) is 63.2 Å². The van der Waals surface area contributed by atoms with Gasteiger partial charge in [0.05, 0.1) is 5.69 Å². The zero-order valence-corrected chi connectivity index (χ0v) is 14.0. The molecule has 0 saturated heterocycles. The van der Waals surface area contributed by atoms with Crippen molar-refractivity contribution >= 4 is 0 Å². The monoisotopic (exact) mass is 286 g/mol. The number of rotatable bonds is 4. The zero-order valence-electron chi connectivity index (χ0n) is 14.0. The van der Waals surface area contributed by atoms with Crippen LogP contribution in [0.2, 0.25) is 0 Å². The second kappa shape index (κ2) is 5.98. The Kier molecular flexibility index (Phi) is 4.47. The van der Waals surface area contributed by atoms with Crippen molar-refractivity contribution < 1.29 is 0 Å². The first-order chi connectivity index (χ1) is 9.81. The van der Waals surface area contributed by atoms with Crippen LogP contribution in [0.25, 0.3) is 5.82 Å². The van der Waals surface area contributed by atoms with Crippen LogP contribution in [0.3, 0.4) is 0 Å². The fourth-order valence-corrected chi connectivity index (χ4v) is 2.30. The lowest BCUT2D eigenvalue weighted by atomic mass is 9.90. The van der Waals surface area contributed by atoms with Crippen LogP contribution in [0, 0.1) is 13.8 Å². The third kappa shape index (κ3) is 3.70. The highest BCUT2D eigenvalue weighted by atomic mass is 15.3. The zero-order chi connectivity index (χ0) is 15.6. The number of hydrogen-bond acceptors (Lipinski definition) is 3. The van der Waals surface area contributed by atoms with E-state index in [9.17, 15) is 0 Å². The molecule has 21 heavy (non-hydrogen) atoms. The van der Waals surface area contributed by atoms with Crippen molar-refractivity contribution in [2.75, 3.05) is 6.54 Å². The van der Waals surface area contributed by atoms with Gasteiger partial charge in [-0.15, -0.1) is 0 Å². The van der Waals surface area contributed by atoms with E-state index in [0.29, 0.717) is 0 Å². The number of aromatic nitrogens is 3. The third-order valence-corrected chi connectivity index (χ3v) is 3.45. The summed E-state index contributed by atoms with van der Waals surface area (Å²) >= 11 is 0. The van der Waals surface area contributed by atoms with Gasteiger partial charge in [-0.3, -0.25) is 0 Å². The van der Waals surface area contributed by atoms with Crippen molar-refractivity contribution in [2.45, 2.75) is 53.5 Å². The molecular formula is C17H26N4. The highest BCUT2D eigenvalue weighted by Crippen LogP contribution is 2.23. The number of hydrogen-bond donors (Lipinski definition) is 1. The van der Waals surface area contributed by atoms with E-state index in [1.54, 1.807) is 0 Å². The van der Waals surface area contributed by atoms with Crippen LogP contribution in [0.5, 0.6) is 0 Å². The number of aryl methyl sites for hydroxylation is 2. The van der Waals surface area contributed by atoms with E-state index in [0.717, 1.165) is 36.0 Å². The van der Waals surface area contributed by atoms with Gasteiger partial charge in [0.25, 0.3) is 0 Å². The fourth-order valence-electron chi connectivity index (χ4n) is 2.30. The van der Waals surface area contributed by atoms with Crippen molar-refractivity contribution in [2.24, 2.45) is 0 Å². The summed E-state index contributed by atoms with van der Waals surface area (Å²) < 4.78 is 1.93. The standard InChI is InChI=1S/C17H26N4/c1-7-18-11-14-9-15(17(4,5)6)19-16(10-14)21-13(3)8-12(2)20-21/h8-10,18H,7,11H2,1-6H3. The molecule has 1 N–H and O–H groups in total. The van der Waals surface area contributed by atoms with E-state index in [1.165, 1.54) is 5.56 Å². The molecular weight excluding hydrogens is 260 g/mol. The van der Waals surface area contributed by atoms with Crippen LogP contribution >= 0.6 is 0 Å². The minimum absolute atomic E-state index is 0.0209. The van der Waals surface area contributed by atoms with Gasteiger partial charge < -0.3 is 5.32 Å². The molecule has 2 rings (SSSR count). The number of pyridine rings is 1. The summed E-state index contributed by atoms with van der Waals surface area (Å²) in [4.78, 5) is 4.83. The van der Waals surface area contributed by atoms with Gasteiger partial charge in [0.15, 0.2) is 5.82 Å². The Morgan fingerprint density at radius 1 is 1.14 bits per heavy atom. The molecule has 0 spiro atoms. The molecule has 0 aliphatic rings. The van der Waals surface area contributed by atoms with E-state index >= 15 is 0 Å². The molecule has 0 aromatic carbocycles. The molecule has 0 bridgehead atoms. The third-order valence-electron chi connectivity index (χ3n) is 3.45. The van der Waals surface area contributed by atoms with Crippen molar-refractivity contribution in [1.29, 1.82) is 0 Å². The van der Waals surface area contributed by atoms with Crippen molar-refractivity contribution in [3.63, 3.8) is 0 Å². The van der Waals surface area contributed by atoms with Crippen LogP contribution in [0.4, 0.5) is 0 Å². The highest BCUT2D eigenvalue weighted by molar-refractivity contribution is 5.34. The maximum absolute atomic E-state index is 4.83. The summed E-state index contributed by atoms with van der Waals surface area (Å²) in [6.07, 6.45) is 0. The first-order valence-electron chi connectivity index (χ1n) is 7.57. The predicted octanol–water partition coefficient (Wildman–Crippen LogP) is 3.29. The lowest BCUT2D eigenvalue weighted by Crippen LogP contribution is -2.18. The second-order valence-corrected chi connectivity index (χ2v) is 6.59. The van der Waals surface area contributed by atoms with Crippen molar-refractivity contribution in [1.82, 2.24) is 20.1 Å². The molecule has 2 heterocycles. The van der Waals surface area contributed by atoms with Crippen LogP contribution in [-0.2, 0) is 12.0 Å². The van der Waals surface area contributed by atoms with Gasteiger partial charge in [-0.25, -0.2) is 9.67 Å². The second-order valence-electron chi connectivity index (χ2n) is 6.59. The largest absolute Gasteiger partial charge is 0.313 e. The molecule has 0 saturated carbocycles. The summed E-state index contributed by atoms with van der Waals surface area (Å²) in [6.45, 7) is 14.6. The molecule has 0 atom stereocenters. The Balaban J connectivity index is 2.51. The SMILES string of the molecule is CCNCc1cc(-n2nc(C)cc2C)nc(C(C)(C)C)c1. The minimum atomic E-state index is 0.0209. The maximum atomic E-state index is 4.83. The Labute approximate surface area is 127 Å². The Morgan fingerprint density at radius 3 is 2.38 bits per heavy atom. The average molecular weight is 286 g/mol. The molecule has 0 aliphatic carbocycles. The van der Waals surface area contributed by atoms with E-state index < -0.39 is 0 Å². The van der Waals surface area contributed by atoms with Crippen molar-refractivity contribution in [3.05, 3.63) is 40.8 Å². The Morgan fingerprint density at radius 2 is 1.86 bits per heavy atom. The van der Waals surface area contributed by atoms with Crippen LogP contribution in [0.1, 0.15) is 50.3 Å².